The van der Waals surface area contributed by atoms with Crippen molar-refractivity contribution in [2.45, 2.75) is 6.92 Å². The van der Waals surface area contributed by atoms with Gasteiger partial charge in [0.05, 0.1) is 13.2 Å². The third-order valence-corrected chi connectivity index (χ3v) is 2.26. The van der Waals surface area contributed by atoms with Crippen LogP contribution in [0.25, 0.3) is 0 Å². The van der Waals surface area contributed by atoms with Gasteiger partial charge in [-0.25, -0.2) is 4.39 Å². The molecule has 4 heteroatoms. The van der Waals surface area contributed by atoms with Crippen LogP contribution < -0.4 is 5.73 Å². The molecule has 0 radical (unpaired) electrons. The first-order chi connectivity index (χ1) is 7.00. The van der Waals surface area contributed by atoms with E-state index < -0.39 is 12.1 Å². The van der Waals surface area contributed by atoms with Crippen LogP contribution >= 0.6 is 0 Å². The fourth-order valence-electron chi connectivity index (χ4n) is 0.808. The van der Waals surface area contributed by atoms with E-state index in [1.54, 1.807) is 13.0 Å². The Kier molecular flexibility index (Phi) is 5.89. The highest BCUT2D eigenvalue weighted by Crippen LogP contribution is 2.25. The molecule has 0 aliphatic carbocycles. The highest BCUT2D eigenvalue weighted by molar-refractivity contribution is 5.29. The monoisotopic (exact) mass is 215 g/mol. The van der Waals surface area contributed by atoms with E-state index >= 15 is 0 Å². The summed E-state index contributed by atoms with van der Waals surface area (Å²) in [6, 6.07) is 0. The molecule has 0 aromatic rings. The average molecular weight is 215 g/mol. The minimum Gasteiger partial charge on any atom is -0.399 e. The molecule has 0 saturated carbocycles. The fourth-order valence-corrected chi connectivity index (χ4v) is 0.808. The van der Waals surface area contributed by atoms with E-state index in [9.17, 15) is 4.39 Å². The van der Waals surface area contributed by atoms with E-state index in [0.29, 0.717) is 5.57 Å². The zero-order valence-corrected chi connectivity index (χ0v) is 8.91. The molecule has 0 spiro atoms. The first kappa shape index (κ1) is 13.9. The minimum atomic E-state index is -0.771. The lowest BCUT2D eigenvalue weighted by Crippen LogP contribution is -2.27. The Morgan fingerprint density at radius 2 is 1.93 bits per heavy atom. The largest absolute Gasteiger partial charge is 0.399 e. The Hall–Kier alpha value is -1.13. The van der Waals surface area contributed by atoms with Crippen LogP contribution in [0.4, 0.5) is 4.39 Å². The molecular formula is C11H18FNO2. The van der Waals surface area contributed by atoms with Crippen molar-refractivity contribution in [3.8, 4) is 0 Å². The third kappa shape index (κ3) is 4.27. The van der Waals surface area contributed by atoms with Crippen molar-refractivity contribution in [2.75, 3.05) is 19.9 Å². The van der Waals surface area contributed by atoms with Crippen molar-refractivity contribution in [3.63, 3.8) is 0 Å². The highest BCUT2D eigenvalue weighted by atomic mass is 19.1. The predicted octanol–water partition coefficient (Wildman–Crippen LogP) is 0.902. The van der Waals surface area contributed by atoms with Crippen LogP contribution in [0.5, 0.6) is 0 Å². The summed E-state index contributed by atoms with van der Waals surface area (Å²) >= 11 is 0. The molecule has 0 aromatic carbocycles. The Balaban J connectivity index is 4.55. The van der Waals surface area contributed by atoms with E-state index in [2.05, 4.69) is 6.58 Å². The molecule has 0 aromatic heterocycles. The number of aliphatic hydroxyl groups is 2. The quantitative estimate of drug-likeness (QED) is 0.577. The number of hydrogen-bond acceptors (Lipinski definition) is 3. The Morgan fingerprint density at radius 1 is 1.40 bits per heavy atom. The van der Waals surface area contributed by atoms with Crippen molar-refractivity contribution >= 4 is 0 Å². The minimum absolute atomic E-state index is 0.209. The van der Waals surface area contributed by atoms with E-state index in [0.717, 1.165) is 0 Å². The summed E-state index contributed by atoms with van der Waals surface area (Å²) in [7, 11) is 0. The van der Waals surface area contributed by atoms with Crippen molar-refractivity contribution in [3.05, 3.63) is 36.1 Å². The van der Waals surface area contributed by atoms with Crippen LogP contribution in [-0.4, -0.2) is 30.1 Å². The number of rotatable bonds is 6. The molecule has 0 saturated heterocycles. The maximum Gasteiger partial charge on any atom is 0.110 e. The predicted molar refractivity (Wildman–Crippen MR) is 58.8 cm³/mol. The number of halogens is 1. The van der Waals surface area contributed by atoms with Gasteiger partial charge in [-0.3, -0.25) is 0 Å². The van der Waals surface area contributed by atoms with Gasteiger partial charge in [-0.1, -0.05) is 19.6 Å². The molecule has 0 amide bonds. The van der Waals surface area contributed by atoms with Crippen LogP contribution in [-0.2, 0) is 0 Å². The van der Waals surface area contributed by atoms with Gasteiger partial charge in [0.2, 0.25) is 0 Å². The molecule has 0 heterocycles. The SMILES string of the molecule is C=C(/C=C\C(N)=C/CF)C(C)(CO)CO. The zero-order valence-electron chi connectivity index (χ0n) is 8.91. The van der Waals surface area contributed by atoms with Crippen LogP contribution in [0.2, 0.25) is 0 Å². The number of allylic oxidation sites excluding steroid dienone is 3. The van der Waals surface area contributed by atoms with E-state index in [-0.39, 0.29) is 18.9 Å². The molecule has 0 aliphatic heterocycles. The van der Waals surface area contributed by atoms with E-state index in [4.69, 9.17) is 15.9 Å². The lowest BCUT2D eigenvalue weighted by molar-refractivity contribution is 0.102. The Bertz CT molecular complexity index is 268. The second kappa shape index (κ2) is 6.37. The maximum atomic E-state index is 11.8. The lowest BCUT2D eigenvalue weighted by atomic mass is 9.84. The molecular weight excluding hydrogens is 197 g/mol. The van der Waals surface area contributed by atoms with Gasteiger partial charge < -0.3 is 15.9 Å². The zero-order chi connectivity index (χ0) is 11.9. The summed E-state index contributed by atoms with van der Waals surface area (Å²) in [5.74, 6) is 0. The van der Waals surface area contributed by atoms with Crippen molar-refractivity contribution in [1.82, 2.24) is 0 Å². The highest BCUT2D eigenvalue weighted by Gasteiger charge is 2.24. The molecule has 15 heavy (non-hydrogen) atoms. The van der Waals surface area contributed by atoms with Gasteiger partial charge >= 0.3 is 0 Å². The summed E-state index contributed by atoms with van der Waals surface area (Å²) in [5.41, 5.74) is 5.49. The molecule has 0 atom stereocenters. The summed E-state index contributed by atoms with van der Waals surface area (Å²) in [6.45, 7) is 4.35. The maximum absolute atomic E-state index is 11.8. The summed E-state index contributed by atoms with van der Waals surface area (Å²) < 4.78 is 11.8. The number of alkyl halides is 1. The normalized spacial score (nSPS) is 13.5. The van der Waals surface area contributed by atoms with Gasteiger partial charge in [0, 0.05) is 11.1 Å². The number of aliphatic hydroxyl groups excluding tert-OH is 2. The summed E-state index contributed by atoms with van der Waals surface area (Å²) in [4.78, 5) is 0. The molecule has 0 aliphatic rings. The first-order valence-electron chi connectivity index (χ1n) is 4.61. The van der Waals surface area contributed by atoms with Crippen molar-refractivity contribution in [2.24, 2.45) is 11.1 Å². The van der Waals surface area contributed by atoms with E-state index in [1.165, 1.54) is 12.2 Å². The van der Waals surface area contributed by atoms with E-state index in [1.807, 2.05) is 0 Å². The van der Waals surface area contributed by atoms with Gasteiger partial charge in [-0.05, 0) is 17.7 Å². The molecule has 4 N–H and O–H groups in total. The molecule has 0 bridgehead atoms. The van der Waals surface area contributed by atoms with Crippen LogP contribution in [0.1, 0.15) is 6.92 Å². The van der Waals surface area contributed by atoms with Crippen LogP contribution in [0.3, 0.4) is 0 Å². The molecule has 0 rings (SSSR count). The number of nitrogens with two attached hydrogens (primary N) is 1. The Morgan fingerprint density at radius 3 is 2.33 bits per heavy atom. The van der Waals surface area contributed by atoms with Gasteiger partial charge in [0.25, 0.3) is 0 Å². The summed E-state index contributed by atoms with van der Waals surface area (Å²) in [6.07, 6.45) is 4.28. The summed E-state index contributed by atoms with van der Waals surface area (Å²) in [5, 5.41) is 18.1. The van der Waals surface area contributed by atoms with Crippen LogP contribution in [0, 0.1) is 5.41 Å². The molecule has 0 unspecified atom stereocenters. The second-order valence-electron chi connectivity index (χ2n) is 3.59. The molecule has 0 fully saturated rings. The first-order valence-corrected chi connectivity index (χ1v) is 4.61. The Labute approximate surface area is 89.4 Å². The topological polar surface area (TPSA) is 66.5 Å². The fraction of sp³-hybridized carbons (Fsp3) is 0.455. The van der Waals surface area contributed by atoms with Crippen molar-refractivity contribution < 1.29 is 14.6 Å². The van der Waals surface area contributed by atoms with Crippen LogP contribution in [0.15, 0.2) is 36.1 Å². The molecule has 86 valence electrons. The molecule has 3 nitrogen and oxygen atoms in total. The average Bonchev–Trinajstić information content (AvgIpc) is 2.25. The van der Waals surface area contributed by atoms with Gasteiger partial charge in [0.1, 0.15) is 6.67 Å². The van der Waals surface area contributed by atoms with Gasteiger partial charge in [-0.15, -0.1) is 0 Å². The van der Waals surface area contributed by atoms with Gasteiger partial charge in [-0.2, -0.15) is 0 Å². The second-order valence-corrected chi connectivity index (χ2v) is 3.59. The lowest BCUT2D eigenvalue weighted by Gasteiger charge is -2.25. The number of hydrogen-bond donors (Lipinski definition) is 3. The smallest absolute Gasteiger partial charge is 0.110 e. The van der Waals surface area contributed by atoms with Gasteiger partial charge in [0.15, 0.2) is 0 Å². The standard InChI is InChI=1S/C11H18FNO2/c1-9(11(2,7-14)8-15)3-4-10(13)5-6-12/h3-5,14-15H,1,6-8,13H2,2H3/b4-3-,10-5+. The van der Waals surface area contributed by atoms with Crippen molar-refractivity contribution in [1.29, 1.82) is 0 Å². The third-order valence-electron chi connectivity index (χ3n) is 2.26.